The second-order valence-corrected chi connectivity index (χ2v) is 9.21. The van der Waals surface area contributed by atoms with Crippen LogP contribution in [0, 0.1) is 5.92 Å². The topological polar surface area (TPSA) is 95.2 Å². The summed E-state index contributed by atoms with van der Waals surface area (Å²) in [7, 11) is 1.95. The maximum absolute atomic E-state index is 13.0. The van der Waals surface area contributed by atoms with Crippen molar-refractivity contribution in [2.75, 3.05) is 6.61 Å². The molecule has 186 valence electrons. The number of pyridine rings is 1. The summed E-state index contributed by atoms with van der Waals surface area (Å²) < 4.78 is 26.0. The highest BCUT2D eigenvalue weighted by molar-refractivity contribution is 5.96. The van der Waals surface area contributed by atoms with Crippen molar-refractivity contribution in [1.82, 2.24) is 0 Å². The number of carbonyl (C=O) groups excluding carboxylic acids is 1. The number of fused-ring (bicyclic) bond motifs is 6. The standard InChI is InChI=1S/C29H23NO7/c1-30-12-10-18(11-13-30)16-34-19-6-8-23-25(14-19)36-26-15-20(35-17-27(31)32)7-9-24(26)29(23)22-5-3-2-4-21(22)28(33)37-29/h2-15,24,26H,16-17H2,1H3/p+1. The van der Waals surface area contributed by atoms with Crippen LogP contribution in [0.1, 0.15) is 27.0 Å². The van der Waals surface area contributed by atoms with E-state index in [2.05, 4.69) is 0 Å². The summed E-state index contributed by atoms with van der Waals surface area (Å²) in [5.41, 5.74) is 1.91. The number of carboxylic acid groups (broad SMARTS) is 1. The van der Waals surface area contributed by atoms with Crippen molar-refractivity contribution in [3.05, 3.63) is 113 Å². The molecule has 8 nitrogen and oxygen atoms in total. The van der Waals surface area contributed by atoms with E-state index in [0.29, 0.717) is 29.4 Å². The van der Waals surface area contributed by atoms with Crippen LogP contribution in [0.5, 0.6) is 11.5 Å². The second kappa shape index (κ2) is 8.81. The van der Waals surface area contributed by atoms with E-state index in [4.69, 9.17) is 24.1 Å². The van der Waals surface area contributed by atoms with E-state index in [1.807, 2.05) is 72.5 Å². The molecule has 1 aromatic heterocycles. The number of nitrogens with zero attached hydrogens (tertiary/aromatic N) is 1. The molecule has 0 fully saturated rings. The molecule has 1 N–H and O–H groups in total. The SMILES string of the molecule is C[n+]1ccc(COc2ccc3c(c2)OC2C=C(OCC(=O)O)C=CC2C32OC(=O)c3ccccc32)cc1. The summed E-state index contributed by atoms with van der Waals surface area (Å²) in [5.74, 6) is -0.352. The van der Waals surface area contributed by atoms with Gasteiger partial charge in [-0.3, -0.25) is 0 Å². The molecule has 3 heterocycles. The van der Waals surface area contributed by atoms with Crippen LogP contribution in [0.3, 0.4) is 0 Å². The predicted molar refractivity (Wildman–Crippen MR) is 130 cm³/mol. The Balaban J connectivity index is 1.39. The van der Waals surface area contributed by atoms with Crippen molar-refractivity contribution in [3.63, 3.8) is 0 Å². The van der Waals surface area contributed by atoms with Gasteiger partial charge in [-0.1, -0.05) is 24.3 Å². The summed E-state index contributed by atoms with van der Waals surface area (Å²) in [6, 6.07) is 16.9. The number of aryl methyl sites for hydroxylation is 1. The van der Waals surface area contributed by atoms with Gasteiger partial charge in [0.15, 0.2) is 24.6 Å². The number of aliphatic carboxylic acids is 1. The van der Waals surface area contributed by atoms with Crippen LogP contribution in [-0.2, 0) is 33.5 Å². The zero-order valence-electron chi connectivity index (χ0n) is 20.0. The Morgan fingerprint density at radius 1 is 1.08 bits per heavy atom. The molecule has 8 heteroatoms. The van der Waals surface area contributed by atoms with Gasteiger partial charge in [0.25, 0.3) is 0 Å². The highest BCUT2D eigenvalue weighted by Crippen LogP contribution is 2.56. The van der Waals surface area contributed by atoms with Crippen molar-refractivity contribution in [2.45, 2.75) is 18.3 Å². The Morgan fingerprint density at radius 2 is 1.89 bits per heavy atom. The molecule has 1 aliphatic carbocycles. The van der Waals surface area contributed by atoms with Gasteiger partial charge in [-0.2, -0.15) is 0 Å². The van der Waals surface area contributed by atoms with E-state index in [1.54, 1.807) is 24.3 Å². The Kier molecular flexibility index (Phi) is 5.44. The molecule has 3 unspecified atom stereocenters. The van der Waals surface area contributed by atoms with Crippen LogP contribution in [0.2, 0.25) is 0 Å². The zero-order chi connectivity index (χ0) is 25.6. The number of hydrogen-bond acceptors (Lipinski definition) is 6. The third-order valence-corrected chi connectivity index (χ3v) is 6.85. The molecule has 3 aromatic rings. The molecule has 1 spiro atoms. The van der Waals surface area contributed by atoms with Crippen molar-refractivity contribution in [1.29, 1.82) is 0 Å². The molecule has 3 atom stereocenters. The first kappa shape index (κ1) is 22.8. The molecular weight excluding hydrogens is 474 g/mol. The van der Waals surface area contributed by atoms with Crippen molar-refractivity contribution in [3.8, 4) is 11.5 Å². The maximum atomic E-state index is 13.0. The fourth-order valence-electron chi connectivity index (χ4n) is 5.15. The number of rotatable bonds is 6. The minimum atomic E-state index is -1.11. The van der Waals surface area contributed by atoms with Crippen LogP contribution in [0.15, 0.2) is 91.0 Å². The zero-order valence-corrected chi connectivity index (χ0v) is 20.0. The number of ether oxygens (including phenoxy) is 4. The Morgan fingerprint density at radius 3 is 2.70 bits per heavy atom. The van der Waals surface area contributed by atoms with E-state index >= 15 is 0 Å². The normalized spacial score (nSPS) is 22.7. The number of benzene rings is 2. The van der Waals surface area contributed by atoms with Crippen molar-refractivity contribution in [2.24, 2.45) is 13.0 Å². The van der Waals surface area contributed by atoms with Crippen molar-refractivity contribution >= 4 is 11.9 Å². The lowest BCUT2D eigenvalue weighted by atomic mass is 9.70. The van der Waals surface area contributed by atoms with Gasteiger partial charge < -0.3 is 24.1 Å². The van der Waals surface area contributed by atoms with Gasteiger partial charge in [0, 0.05) is 34.9 Å². The van der Waals surface area contributed by atoms with E-state index < -0.39 is 30.3 Å². The van der Waals surface area contributed by atoms with E-state index in [9.17, 15) is 9.59 Å². The van der Waals surface area contributed by atoms with Crippen LogP contribution in [0.25, 0.3) is 0 Å². The number of aromatic nitrogens is 1. The minimum absolute atomic E-state index is 0.379. The maximum Gasteiger partial charge on any atom is 0.341 e. The summed E-state index contributed by atoms with van der Waals surface area (Å²) in [6.45, 7) is -0.0902. The lowest BCUT2D eigenvalue weighted by Gasteiger charge is -2.45. The summed E-state index contributed by atoms with van der Waals surface area (Å²) >= 11 is 0. The van der Waals surface area contributed by atoms with Gasteiger partial charge >= 0.3 is 11.9 Å². The van der Waals surface area contributed by atoms with Crippen LogP contribution in [0.4, 0.5) is 0 Å². The number of hydrogen-bond donors (Lipinski definition) is 1. The molecule has 0 amide bonds. The van der Waals surface area contributed by atoms with Gasteiger partial charge in [0.1, 0.15) is 37.0 Å². The smallest absolute Gasteiger partial charge is 0.341 e. The van der Waals surface area contributed by atoms with Crippen molar-refractivity contribution < 1.29 is 38.2 Å². The molecule has 0 bridgehead atoms. The van der Waals surface area contributed by atoms with E-state index in [1.165, 1.54) is 0 Å². The third-order valence-electron chi connectivity index (χ3n) is 6.85. The molecule has 0 radical (unpaired) electrons. The van der Waals surface area contributed by atoms with E-state index in [-0.39, 0.29) is 5.92 Å². The molecule has 0 saturated carbocycles. The summed E-state index contributed by atoms with van der Waals surface area (Å²) in [6.07, 6.45) is 8.63. The highest BCUT2D eigenvalue weighted by Gasteiger charge is 2.58. The fraction of sp³-hybridized carbons (Fsp3) is 0.207. The van der Waals surface area contributed by atoms with E-state index in [0.717, 1.165) is 16.7 Å². The molecule has 2 aromatic carbocycles. The fourth-order valence-corrected chi connectivity index (χ4v) is 5.15. The Hall–Kier alpha value is -4.59. The second-order valence-electron chi connectivity index (χ2n) is 9.21. The summed E-state index contributed by atoms with van der Waals surface area (Å²) in [4.78, 5) is 24.0. The van der Waals surface area contributed by atoms with Crippen LogP contribution >= 0.6 is 0 Å². The average Bonchev–Trinajstić information content (AvgIpc) is 3.19. The Labute approximate surface area is 213 Å². The Bertz CT molecular complexity index is 1460. The largest absolute Gasteiger partial charge is 0.489 e. The number of esters is 1. The average molecular weight is 499 g/mol. The molecular formula is C29H24NO7+. The monoisotopic (exact) mass is 498 g/mol. The van der Waals surface area contributed by atoms with Gasteiger partial charge in [-0.05, 0) is 30.4 Å². The quantitative estimate of drug-likeness (QED) is 0.411. The third kappa shape index (κ3) is 3.91. The van der Waals surface area contributed by atoms with Crippen LogP contribution < -0.4 is 14.0 Å². The highest BCUT2D eigenvalue weighted by atomic mass is 16.6. The number of allylic oxidation sites excluding steroid dienone is 1. The first-order chi connectivity index (χ1) is 17.9. The first-order valence-electron chi connectivity index (χ1n) is 11.9. The number of carbonyl (C=O) groups is 2. The van der Waals surface area contributed by atoms with Gasteiger partial charge in [-0.25, -0.2) is 14.2 Å². The first-order valence-corrected chi connectivity index (χ1v) is 11.9. The van der Waals surface area contributed by atoms with Crippen LogP contribution in [-0.4, -0.2) is 29.8 Å². The molecule has 6 rings (SSSR count). The van der Waals surface area contributed by atoms with Gasteiger partial charge in [0.2, 0.25) is 0 Å². The lowest BCUT2D eigenvalue weighted by Crippen LogP contribution is -2.48. The van der Waals surface area contributed by atoms with Gasteiger partial charge in [-0.15, -0.1) is 0 Å². The molecule has 2 aliphatic heterocycles. The minimum Gasteiger partial charge on any atom is -0.489 e. The summed E-state index contributed by atoms with van der Waals surface area (Å²) in [5, 5.41) is 9.01. The molecule has 3 aliphatic rings. The molecule has 0 saturated heterocycles. The lowest BCUT2D eigenvalue weighted by molar-refractivity contribution is -0.671. The predicted octanol–water partition coefficient (Wildman–Crippen LogP) is 3.44. The van der Waals surface area contributed by atoms with Gasteiger partial charge in [0.05, 0.1) is 11.5 Å². The molecule has 37 heavy (non-hydrogen) atoms. The number of carboxylic acids is 1.